The first kappa shape index (κ1) is 23.8. The second-order valence-electron chi connectivity index (χ2n) is 8.47. The molecule has 6 heteroatoms. The maximum Gasteiger partial charge on any atom is 0.333 e. The van der Waals surface area contributed by atoms with Crippen LogP contribution < -0.4 is 9.47 Å². The molecule has 0 spiro atoms. The Kier molecular flexibility index (Phi) is 7.80. The van der Waals surface area contributed by atoms with E-state index < -0.39 is 12.1 Å². The van der Waals surface area contributed by atoms with E-state index in [4.69, 9.17) is 14.2 Å². The summed E-state index contributed by atoms with van der Waals surface area (Å²) in [5, 5.41) is 9.32. The number of ether oxygens (including phenoxy) is 3. The molecule has 1 heterocycles. The van der Waals surface area contributed by atoms with Crippen molar-refractivity contribution in [3.8, 4) is 11.5 Å². The molecule has 3 aromatic rings. The smallest absolute Gasteiger partial charge is 0.333 e. The van der Waals surface area contributed by atoms with Gasteiger partial charge in [0.2, 0.25) is 0 Å². The van der Waals surface area contributed by atoms with E-state index in [1.807, 2.05) is 48.5 Å². The Balaban J connectivity index is 1.31. The van der Waals surface area contributed by atoms with Crippen molar-refractivity contribution >= 4 is 5.97 Å². The van der Waals surface area contributed by atoms with Gasteiger partial charge in [-0.3, -0.25) is 0 Å². The quantitative estimate of drug-likeness (QED) is 0.437. The molecule has 178 valence electrons. The Morgan fingerprint density at radius 2 is 1.88 bits per heavy atom. The highest BCUT2D eigenvalue weighted by Crippen LogP contribution is 2.30. The monoisotopic (exact) mass is 464 g/mol. The largest absolute Gasteiger partial charge is 0.490 e. The third kappa shape index (κ3) is 6.35. The number of carboxylic acid groups (broad SMARTS) is 1. The summed E-state index contributed by atoms with van der Waals surface area (Å²) >= 11 is 0. The third-order valence-electron chi connectivity index (χ3n) is 5.90. The zero-order valence-electron chi connectivity index (χ0n) is 19.2. The molecule has 5 nitrogen and oxygen atoms in total. The molecular weight excluding hydrogens is 435 g/mol. The SMILES string of the molecule is CCOC(Cc1ccc2c(c1)CC[C@H](Cc1ccc(OCc3cccc(F)c3)cc1)O2)C(=O)O. The van der Waals surface area contributed by atoms with Gasteiger partial charge in [-0.25, -0.2) is 9.18 Å². The normalized spacial score (nSPS) is 15.8. The van der Waals surface area contributed by atoms with Crippen LogP contribution in [-0.4, -0.2) is 29.9 Å². The third-order valence-corrected chi connectivity index (χ3v) is 5.90. The van der Waals surface area contributed by atoms with Gasteiger partial charge in [0.1, 0.15) is 30.0 Å². The molecule has 1 aliphatic heterocycles. The predicted octanol–water partition coefficient (Wildman–Crippen LogP) is 5.37. The van der Waals surface area contributed by atoms with Crippen LogP contribution in [0.2, 0.25) is 0 Å². The first-order valence-electron chi connectivity index (χ1n) is 11.6. The van der Waals surface area contributed by atoms with Crippen LogP contribution >= 0.6 is 0 Å². The van der Waals surface area contributed by atoms with E-state index in [9.17, 15) is 14.3 Å². The van der Waals surface area contributed by atoms with E-state index in [1.54, 1.807) is 13.0 Å². The van der Waals surface area contributed by atoms with Gasteiger partial charge >= 0.3 is 5.97 Å². The van der Waals surface area contributed by atoms with E-state index in [0.29, 0.717) is 19.6 Å². The van der Waals surface area contributed by atoms with E-state index in [2.05, 4.69) is 0 Å². The van der Waals surface area contributed by atoms with Gasteiger partial charge in [0.05, 0.1) is 0 Å². The molecule has 0 amide bonds. The highest BCUT2D eigenvalue weighted by atomic mass is 19.1. The fourth-order valence-electron chi connectivity index (χ4n) is 4.18. The lowest BCUT2D eigenvalue weighted by Crippen LogP contribution is -2.27. The minimum Gasteiger partial charge on any atom is -0.490 e. The van der Waals surface area contributed by atoms with Gasteiger partial charge in [0.15, 0.2) is 6.10 Å². The van der Waals surface area contributed by atoms with E-state index >= 15 is 0 Å². The molecule has 1 unspecified atom stereocenters. The van der Waals surface area contributed by atoms with Crippen molar-refractivity contribution in [2.45, 2.75) is 51.4 Å². The van der Waals surface area contributed by atoms with E-state index in [0.717, 1.165) is 53.0 Å². The average Bonchev–Trinajstić information content (AvgIpc) is 2.83. The number of carboxylic acids is 1. The Morgan fingerprint density at radius 1 is 1.09 bits per heavy atom. The summed E-state index contributed by atoms with van der Waals surface area (Å²) in [6.45, 7) is 2.48. The lowest BCUT2D eigenvalue weighted by atomic mass is 9.95. The van der Waals surface area contributed by atoms with E-state index in [-0.39, 0.29) is 11.9 Å². The molecular formula is C28H29FO5. The van der Waals surface area contributed by atoms with Crippen molar-refractivity contribution in [3.63, 3.8) is 0 Å². The number of hydrogen-bond acceptors (Lipinski definition) is 4. The summed E-state index contributed by atoms with van der Waals surface area (Å²) in [6, 6.07) is 20.2. The number of halogens is 1. The van der Waals surface area contributed by atoms with Crippen LogP contribution in [0.4, 0.5) is 4.39 Å². The van der Waals surface area contributed by atoms with Crippen LogP contribution in [0, 0.1) is 5.82 Å². The van der Waals surface area contributed by atoms with Crippen molar-refractivity contribution in [1.29, 1.82) is 0 Å². The Hall–Kier alpha value is -3.38. The van der Waals surface area contributed by atoms with Crippen LogP contribution in [0.15, 0.2) is 66.7 Å². The number of hydrogen-bond donors (Lipinski definition) is 1. The Bertz CT molecular complexity index is 1110. The average molecular weight is 465 g/mol. The molecule has 1 N–H and O–H groups in total. The highest BCUT2D eigenvalue weighted by Gasteiger charge is 2.22. The van der Waals surface area contributed by atoms with Gasteiger partial charge in [-0.05, 0) is 72.4 Å². The van der Waals surface area contributed by atoms with Crippen LogP contribution in [0.25, 0.3) is 0 Å². The minimum absolute atomic E-state index is 0.0765. The summed E-state index contributed by atoms with van der Waals surface area (Å²) < 4.78 is 30.6. The van der Waals surface area contributed by atoms with Gasteiger partial charge < -0.3 is 19.3 Å². The molecule has 4 rings (SSSR count). The molecule has 1 aliphatic rings. The Labute approximate surface area is 199 Å². The van der Waals surface area contributed by atoms with Crippen LogP contribution in [0.5, 0.6) is 11.5 Å². The lowest BCUT2D eigenvalue weighted by Gasteiger charge is -2.27. The van der Waals surface area contributed by atoms with Gasteiger partial charge in [0.25, 0.3) is 0 Å². The van der Waals surface area contributed by atoms with Crippen LogP contribution in [0.1, 0.15) is 35.6 Å². The predicted molar refractivity (Wildman–Crippen MR) is 127 cm³/mol. The molecule has 3 aromatic carbocycles. The van der Waals surface area contributed by atoms with E-state index in [1.165, 1.54) is 12.1 Å². The highest BCUT2D eigenvalue weighted by molar-refractivity contribution is 5.72. The zero-order chi connectivity index (χ0) is 23.9. The number of rotatable bonds is 10. The second kappa shape index (κ2) is 11.2. The van der Waals surface area contributed by atoms with Gasteiger partial charge in [-0.2, -0.15) is 0 Å². The first-order chi connectivity index (χ1) is 16.5. The standard InChI is InChI=1S/C28H29FO5/c1-2-32-27(28(30)31)17-20-8-13-26-22(14-20)9-12-25(34-26)16-19-6-10-24(11-7-19)33-18-21-4-3-5-23(29)15-21/h3-8,10-11,13-15,25,27H,2,9,12,16-18H2,1H3,(H,30,31)/t25-,27?/m1/s1. The summed E-state index contributed by atoms with van der Waals surface area (Å²) in [5.41, 5.74) is 3.99. The van der Waals surface area contributed by atoms with Gasteiger partial charge in [-0.1, -0.05) is 36.4 Å². The number of aryl methyl sites for hydroxylation is 1. The summed E-state index contributed by atoms with van der Waals surface area (Å²) in [7, 11) is 0. The molecule has 2 atom stereocenters. The molecule has 34 heavy (non-hydrogen) atoms. The number of carbonyl (C=O) groups is 1. The van der Waals surface area contributed by atoms with Crippen LogP contribution in [0.3, 0.4) is 0 Å². The van der Waals surface area contributed by atoms with Crippen molar-refractivity contribution in [3.05, 3.63) is 94.8 Å². The molecule has 0 saturated heterocycles. The van der Waals surface area contributed by atoms with Crippen molar-refractivity contribution < 1.29 is 28.5 Å². The number of fused-ring (bicyclic) bond motifs is 1. The minimum atomic E-state index is -0.943. The van der Waals surface area contributed by atoms with Crippen LogP contribution in [-0.2, 0) is 35.4 Å². The fraction of sp³-hybridized carbons (Fsp3) is 0.321. The van der Waals surface area contributed by atoms with Crippen molar-refractivity contribution in [1.82, 2.24) is 0 Å². The molecule has 0 aromatic heterocycles. The fourth-order valence-corrected chi connectivity index (χ4v) is 4.18. The maximum atomic E-state index is 13.3. The molecule has 0 fully saturated rings. The lowest BCUT2D eigenvalue weighted by molar-refractivity contribution is -0.149. The topological polar surface area (TPSA) is 65.0 Å². The van der Waals surface area contributed by atoms with Crippen molar-refractivity contribution in [2.75, 3.05) is 6.61 Å². The molecule has 0 saturated carbocycles. The van der Waals surface area contributed by atoms with Gasteiger partial charge in [-0.15, -0.1) is 0 Å². The van der Waals surface area contributed by atoms with Crippen molar-refractivity contribution in [2.24, 2.45) is 0 Å². The maximum absolute atomic E-state index is 13.3. The number of aliphatic carboxylic acids is 1. The van der Waals surface area contributed by atoms with Gasteiger partial charge in [0, 0.05) is 19.4 Å². The number of benzene rings is 3. The summed E-state index contributed by atoms with van der Waals surface area (Å²) in [6.07, 6.45) is 2.15. The summed E-state index contributed by atoms with van der Waals surface area (Å²) in [4.78, 5) is 11.4. The molecule has 0 aliphatic carbocycles. The first-order valence-corrected chi connectivity index (χ1v) is 11.6. The Morgan fingerprint density at radius 3 is 2.62 bits per heavy atom. The summed E-state index contributed by atoms with van der Waals surface area (Å²) in [5.74, 6) is 0.387. The molecule has 0 radical (unpaired) electrons. The molecule has 0 bridgehead atoms. The zero-order valence-corrected chi connectivity index (χ0v) is 19.2. The second-order valence-corrected chi connectivity index (χ2v) is 8.47.